The summed E-state index contributed by atoms with van der Waals surface area (Å²) in [4.78, 5) is 12.9. The van der Waals surface area contributed by atoms with E-state index in [1.165, 1.54) is 17.9 Å². The van der Waals surface area contributed by atoms with Crippen LogP contribution in [0.4, 0.5) is 4.39 Å². The van der Waals surface area contributed by atoms with Gasteiger partial charge in [-0.1, -0.05) is 6.07 Å². The Morgan fingerprint density at radius 2 is 2.39 bits per heavy atom. The van der Waals surface area contributed by atoms with Crippen LogP contribution in [-0.2, 0) is 6.54 Å². The highest BCUT2D eigenvalue weighted by molar-refractivity contribution is 7.99. The highest BCUT2D eigenvalue weighted by Crippen LogP contribution is 2.23. The fraction of sp³-hybridized carbons (Fsp3) is 0.462. The lowest BCUT2D eigenvalue weighted by Gasteiger charge is -2.23. The van der Waals surface area contributed by atoms with E-state index >= 15 is 0 Å². The monoisotopic (exact) mass is 269 g/mol. The summed E-state index contributed by atoms with van der Waals surface area (Å²) in [5.74, 6) is 0.418. The van der Waals surface area contributed by atoms with Gasteiger partial charge in [0.15, 0.2) is 0 Å². The van der Waals surface area contributed by atoms with Crippen LogP contribution in [0.2, 0.25) is 0 Å². The van der Waals surface area contributed by atoms with Crippen LogP contribution in [0.3, 0.4) is 0 Å². The van der Waals surface area contributed by atoms with E-state index in [9.17, 15) is 9.18 Å². The van der Waals surface area contributed by atoms with Gasteiger partial charge in [-0.25, -0.2) is 9.18 Å². The molecule has 0 aromatic heterocycles. The molecule has 5 heteroatoms. The summed E-state index contributed by atoms with van der Waals surface area (Å²) in [5, 5.41) is 8.76. The standard InChI is InChI=1S/C13H16FNO2S/c1-15(10-4-5-18-8-10)7-9-2-3-11(13(16)17)12(14)6-9/h2-3,6,10H,4-5,7-8H2,1H3,(H,16,17). The highest BCUT2D eigenvalue weighted by Gasteiger charge is 2.20. The topological polar surface area (TPSA) is 40.5 Å². The van der Waals surface area contributed by atoms with Gasteiger partial charge in [0.1, 0.15) is 5.82 Å². The summed E-state index contributed by atoms with van der Waals surface area (Å²) in [6.45, 7) is 0.655. The number of carboxylic acids is 1. The van der Waals surface area contributed by atoms with E-state index in [2.05, 4.69) is 4.90 Å². The van der Waals surface area contributed by atoms with E-state index < -0.39 is 11.8 Å². The van der Waals surface area contributed by atoms with Crippen molar-refractivity contribution in [2.75, 3.05) is 18.6 Å². The smallest absolute Gasteiger partial charge is 0.338 e. The fourth-order valence-corrected chi connectivity index (χ4v) is 3.42. The molecule has 1 heterocycles. The van der Waals surface area contributed by atoms with Crippen LogP contribution in [0.5, 0.6) is 0 Å². The average Bonchev–Trinajstić information content (AvgIpc) is 2.81. The first kappa shape index (κ1) is 13.4. The molecular weight excluding hydrogens is 253 g/mol. The second-order valence-electron chi connectivity index (χ2n) is 4.55. The largest absolute Gasteiger partial charge is 0.478 e. The van der Waals surface area contributed by atoms with Crippen molar-refractivity contribution in [3.63, 3.8) is 0 Å². The molecule has 1 unspecified atom stereocenters. The number of nitrogens with zero attached hydrogens (tertiary/aromatic N) is 1. The molecule has 18 heavy (non-hydrogen) atoms. The molecule has 1 fully saturated rings. The van der Waals surface area contributed by atoms with E-state index in [0.29, 0.717) is 12.6 Å². The molecule has 2 rings (SSSR count). The number of carboxylic acid groups (broad SMARTS) is 1. The summed E-state index contributed by atoms with van der Waals surface area (Å²) in [7, 11) is 2.03. The van der Waals surface area contributed by atoms with Crippen LogP contribution in [0, 0.1) is 5.82 Å². The van der Waals surface area contributed by atoms with Crippen LogP contribution in [0.15, 0.2) is 18.2 Å². The minimum absolute atomic E-state index is 0.266. The van der Waals surface area contributed by atoms with Crippen molar-refractivity contribution in [2.45, 2.75) is 19.0 Å². The maximum absolute atomic E-state index is 13.5. The third-order valence-corrected chi connectivity index (χ3v) is 4.37. The third kappa shape index (κ3) is 3.03. The molecule has 1 aromatic rings. The van der Waals surface area contributed by atoms with Gasteiger partial charge < -0.3 is 5.11 Å². The summed E-state index contributed by atoms with van der Waals surface area (Å²) in [6.07, 6.45) is 1.16. The molecule has 1 aliphatic rings. The van der Waals surface area contributed by atoms with E-state index in [0.717, 1.165) is 17.7 Å². The molecule has 1 aliphatic heterocycles. The second kappa shape index (κ2) is 5.71. The Labute approximate surface area is 110 Å². The minimum Gasteiger partial charge on any atom is -0.478 e. The molecular formula is C13H16FNO2S. The van der Waals surface area contributed by atoms with Gasteiger partial charge in [0, 0.05) is 18.3 Å². The molecule has 0 amide bonds. The van der Waals surface area contributed by atoms with Crippen LogP contribution in [0.1, 0.15) is 22.3 Å². The molecule has 0 bridgehead atoms. The second-order valence-corrected chi connectivity index (χ2v) is 5.70. The van der Waals surface area contributed by atoms with Crippen molar-refractivity contribution < 1.29 is 14.3 Å². The molecule has 98 valence electrons. The number of hydrogen-bond donors (Lipinski definition) is 1. The normalized spacial score (nSPS) is 19.4. The molecule has 1 N–H and O–H groups in total. The Morgan fingerprint density at radius 3 is 2.94 bits per heavy atom. The van der Waals surface area contributed by atoms with Crippen molar-refractivity contribution in [3.8, 4) is 0 Å². The zero-order chi connectivity index (χ0) is 13.1. The van der Waals surface area contributed by atoms with E-state index in [1.54, 1.807) is 6.07 Å². The van der Waals surface area contributed by atoms with Crippen LogP contribution < -0.4 is 0 Å². The van der Waals surface area contributed by atoms with E-state index in [-0.39, 0.29) is 5.56 Å². The number of hydrogen-bond acceptors (Lipinski definition) is 3. The maximum Gasteiger partial charge on any atom is 0.338 e. The van der Waals surface area contributed by atoms with Gasteiger partial charge in [-0.05, 0) is 36.9 Å². The van der Waals surface area contributed by atoms with Crippen molar-refractivity contribution in [3.05, 3.63) is 35.1 Å². The molecule has 1 aromatic carbocycles. The van der Waals surface area contributed by atoms with Crippen molar-refractivity contribution in [1.29, 1.82) is 0 Å². The fourth-order valence-electron chi connectivity index (χ4n) is 2.12. The van der Waals surface area contributed by atoms with Crippen LogP contribution in [-0.4, -0.2) is 40.6 Å². The molecule has 0 spiro atoms. The highest BCUT2D eigenvalue weighted by atomic mass is 32.2. The number of carbonyl (C=O) groups is 1. The van der Waals surface area contributed by atoms with Gasteiger partial charge in [0.2, 0.25) is 0 Å². The van der Waals surface area contributed by atoms with Gasteiger partial charge in [0.05, 0.1) is 5.56 Å². The Morgan fingerprint density at radius 1 is 1.61 bits per heavy atom. The van der Waals surface area contributed by atoms with E-state index in [1.807, 2.05) is 18.8 Å². The zero-order valence-electron chi connectivity index (χ0n) is 10.2. The summed E-state index contributed by atoms with van der Waals surface area (Å²) < 4.78 is 13.5. The third-order valence-electron chi connectivity index (χ3n) is 3.22. The first-order valence-electron chi connectivity index (χ1n) is 5.87. The van der Waals surface area contributed by atoms with Crippen LogP contribution >= 0.6 is 11.8 Å². The van der Waals surface area contributed by atoms with Crippen molar-refractivity contribution in [2.24, 2.45) is 0 Å². The lowest BCUT2D eigenvalue weighted by molar-refractivity contribution is 0.0692. The van der Waals surface area contributed by atoms with Gasteiger partial charge in [-0.2, -0.15) is 11.8 Å². The van der Waals surface area contributed by atoms with Crippen LogP contribution in [0.25, 0.3) is 0 Å². The summed E-state index contributed by atoms with van der Waals surface area (Å²) in [6, 6.07) is 4.88. The number of aromatic carboxylic acids is 1. The lowest BCUT2D eigenvalue weighted by atomic mass is 10.1. The molecule has 3 nitrogen and oxygen atoms in total. The van der Waals surface area contributed by atoms with E-state index in [4.69, 9.17) is 5.11 Å². The first-order valence-corrected chi connectivity index (χ1v) is 7.03. The Balaban J connectivity index is 2.05. The molecule has 0 saturated carbocycles. The molecule has 1 atom stereocenters. The molecule has 1 saturated heterocycles. The number of halogens is 1. The number of benzene rings is 1. The van der Waals surface area contributed by atoms with Gasteiger partial charge >= 0.3 is 5.97 Å². The lowest BCUT2D eigenvalue weighted by Crippen LogP contribution is -2.30. The Kier molecular flexibility index (Phi) is 4.24. The van der Waals surface area contributed by atoms with Crippen molar-refractivity contribution in [1.82, 2.24) is 4.90 Å². The summed E-state index contributed by atoms with van der Waals surface area (Å²) >= 11 is 1.94. The zero-order valence-corrected chi connectivity index (χ0v) is 11.0. The maximum atomic E-state index is 13.5. The number of rotatable bonds is 4. The van der Waals surface area contributed by atoms with Crippen molar-refractivity contribution >= 4 is 17.7 Å². The molecule has 0 radical (unpaired) electrons. The SMILES string of the molecule is CN(Cc1ccc(C(=O)O)c(F)c1)C1CCSC1. The summed E-state index contributed by atoms with van der Waals surface area (Å²) in [5.41, 5.74) is 0.551. The van der Waals surface area contributed by atoms with Gasteiger partial charge in [-0.3, -0.25) is 4.90 Å². The Bertz CT molecular complexity index is 447. The first-order chi connectivity index (χ1) is 8.58. The van der Waals surface area contributed by atoms with Gasteiger partial charge in [0.25, 0.3) is 0 Å². The van der Waals surface area contributed by atoms with Gasteiger partial charge in [-0.15, -0.1) is 0 Å². The number of thioether (sulfide) groups is 1. The average molecular weight is 269 g/mol. The quantitative estimate of drug-likeness (QED) is 0.911. The predicted octanol–water partition coefficient (Wildman–Crippen LogP) is 2.46. The molecule has 0 aliphatic carbocycles. The Hall–Kier alpha value is -1.07. The minimum atomic E-state index is -1.22. The predicted molar refractivity (Wildman–Crippen MR) is 70.6 cm³/mol.